The summed E-state index contributed by atoms with van der Waals surface area (Å²) in [5.41, 5.74) is 11.4. The van der Waals surface area contributed by atoms with Gasteiger partial charge in [0.25, 0.3) is 0 Å². The lowest BCUT2D eigenvalue weighted by molar-refractivity contribution is -0.132. The van der Waals surface area contributed by atoms with Crippen molar-refractivity contribution in [2.45, 2.75) is 38.1 Å². The Morgan fingerprint density at radius 2 is 1.89 bits per heavy atom. The van der Waals surface area contributed by atoms with Gasteiger partial charge < -0.3 is 20.7 Å². The number of Topliss-reactive ketones (excluding diaryl/α,β-unsaturated/α-hetero) is 1. The van der Waals surface area contributed by atoms with Gasteiger partial charge in [0, 0.05) is 38.5 Å². The Morgan fingerprint density at radius 3 is 2.64 bits per heavy atom. The molecule has 1 aromatic rings. The second-order valence-electron chi connectivity index (χ2n) is 9.58. The number of nitrogens with two attached hydrogens (primary N) is 1. The van der Waals surface area contributed by atoms with E-state index in [1.54, 1.807) is 11.1 Å². The highest BCUT2D eigenvalue weighted by atomic mass is 16.5. The number of ketones is 1. The standard InChI is InChI=1S/C25H33N7O4/c26-9-2-1-6-19(33)31-10-7-16(8-11-31)22-21-23(29-28-22)17-4-3-5-18(20(17)24(21)34)27-25(35)30-32-12-14-36-15-13-32/h3-5,16,23H,1-2,6-15,26H2,(H2,27,30,35). The minimum Gasteiger partial charge on any atom is -0.379 e. The zero-order valence-electron chi connectivity index (χ0n) is 20.4. The van der Waals surface area contributed by atoms with E-state index in [2.05, 4.69) is 21.0 Å². The van der Waals surface area contributed by atoms with Gasteiger partial charge in [0.15, 0.2) is 5.78 Å². The van der Waals surface area contributed by atoms with Gasteiger partial charge in [0.2, 0.25) is 5.91 Å². The molecule has 192 valence electrons. The van der Waals surface area contributed by atoms with Crippen LogP contribution < -0.4 is 16.5 Å². The van der Waals surface area contributed by atoms with Crippen LogP contribution in [-0.4, -0.2) is 73.6 Å². The highest BCUT2D eigenvalue weighted by molar-refractivity contribution is 6.19. The van der Waals surface area contributed by atoms with Gasteiger partial charge >= 0.3 is 6.03 Å². The van der Waals surface area contributed by atoms with E-state index in [1.807, 2.05) is 17.0 Å². The molecule has 1 atom stereocenters. The molecule has 0 saturated carbocycles. The SMILES string of the molecule is NCCCCC(=O)N1CCC(C2=C3C(=O)c4c(NC(=O)NN5CCOCC5)cccc4C3N=N2)CC1. The number of urea groups is 1. The zero-order chi connectivity index (χ0) is 25.1. The molecule has 1 aromatic carbocycles. The number of nitrogens with one attached hydrogen (secondary N) is 2. The number of amides is 3. The van der Waals surface area contributed by atoms with Crippen LogP contribution in [0, 0.1) is 5.92 Å². The van der Waals surface area contributed by atoms with Crippen LogP contribution in [0.25, 0.3) is 0 Å². The van der Waals surface area contributed by atoms with Gasteiger partial charge in [-0.15, -0.1) is 0 Å². The van der Waals surface area contributed by atoms with Crippen molar-refractivity contribution < 1.29 is 19.1 Å². The predicted molar refractivity (Wildman–Crippen MR) is 132 cm³/mol. The van der Waals surface area contributed by atoms with E-state index in [0.29, 0.717) is 69.2 Å². The normalized spacial score (nSPS) is 22.1. The molecule has 3 aliphatic heterocycles. The first kappa shape index (κ1) is 24.5. The van der Waals surface area contributed by atoms with Gasteiger partial charge in [-0.05, 0) is 43.9 Å². The number of unbranched alkanes of at least 4 members (excludes halogenated alkanes) is 1. The molecule has 1 aliphatic carbocycles. The van der Waals surface area contributed by atoms with Gasteiger partial charge in [-0.3, -0.25) is 15.0 Å². The third kappa shape index (κ3) is 4.91. The Kier molecular flexibility index (Phi) is 7.40. The number of rotatable bonds is 7. The highest BCUT2D eigenvalue weighted by Crippen LogP contribution is 2.49. The molecule has 3 amide bonds. The lowest BCUT2D eigenvalue weighted by Gasteiger charge is -2.32. The molecule has 11 nitrogen and oxygen atoms in total. The Labute approximate surface area is 210 Å². The van der Waals surface area contributed by atoms with E-state index >= 15 is 0 Å². The van der Waals surface area contributed by atoms with Crippen molar-refractivity contribution in [3.63, 3.8) is 0 Å². The topological polar surface area (TPSA) is 142 Å². The number of likely N-dealkylation sites (tertiary alicyclic amines) is 1. The van der Waals surface area contributed by atoms with Crippen LogP contribution in [0.4, 0.5) is 10.5 Å². The number of allylic oxidation sites excluding steroid dienone is 1. The molecule has 2 fully saturated rings. The van der Waals surface area contributed by atoms with Crippen LogP contribution in [0.15, 0.2) is 39.7 Å². The number of carbonyl (C=O) groups is 3. The van der Waals surface area contributed by atoms with E-state index < -0.39 is 12.1 Å². The van der Waals surface area contributed by atoms with Crippen molar-refractivity contribution in [3.8, 4) is 0 Å². The number of anilines is 1. The van der Waals surface area contributed by atoms with Crippen molar-refractivity contribution in [3.05, 3.63) is 40.6 Å². The molecule has 0 spiro atoms. The summed E-state index contributed by atoms with van der Waals surface area (Å²) in [7, 11) is 0. The molecule has 0 bridgehead atoms. The first-order valence-electron chi connectivity index (χ1n) is 12.8. The molecule has 5 rings (SSSR count). The summed E-state index contributed by atoms with van der Waals surface area (Å²) >= 11 is 0. The average molecular weight is 496 g/mol. The zero-order valence-corrected chi connectivity index (χ0v) is 20.4. The van der Waals surface area contributed by atoms with E-state index in [-0.39, 0.29) is 17.6 Å². The number of hydrazine groups is 1. The van der Waals surface area contributed by atoms with Crippen LogP contribution in [-0.2, 0) is 9.53 Å². The molecule has 0 aromatic heterocycles. The molecule has 3 heterocycles. The van der Waals surface area contributed by atoms with Gasteiger partial charge in [0.1, 0.15) is 6.04 Å². The Bertz CT molecular complexity index is 1090. The number of morpholine rings is 1. The smallest absolute Gasteiger partial charge is 0.333 e. The molecule has 4 N–H and O–H groups in total. The number of fused-ring (bicyclic) bond motifs is 3. The first-order chi connectivity index (χ1) is 17.6. The number of azo groups is 1. The second kappa shape index (κ2) is 10.9. The molecule has 1 unspecified atom stereocenters. The van der Waals surface area contributed by atoms with Crippen molar-refractivity contribution in [2.75, 3.05) is 51.3 Å². The van der Waals surface area contributed by atoms with Gasteiger partial charge in [0.05, 0.1) is 35.7 Å². The minimum atomic E-state index is -0.428. The summed E-state index contributed by atoms with van der Waals surface area (Å²) in [6.45, 7) is 4.24. The first-order valence-corrected chi connectivity index (χ1v) is 12.8. The fraction of sp³-hybridized carbons (Fsp3) is 0.560. The van der Waals surface area contributed by atoms with E-state index in [1.165, 1.54) is 0 Å². The van der Waals surface area contributed by atoms with Gasteiger partial charge in [-0.2, -0.15) is 10.2 Å². The van der Waals surface area contributed by atoms with Crippen LogP contribution in [0.3, 0.4) is 0 Å². The molecule has 0 radical (unpaired) electrons. The van der Waals surface area contributed by atoms with E-state index in [0.717, 1.165) is 36.9 Å². The minimum absolute atomic E-state index is 0.0844. The monoisotopic (exact) mass is 495 g/mol. The summed E-state index contributed by atoms with van der Waals surface area (Å²) in [5, 5.41) is 13.5. The lowest BCUT2D eigenvalue weighted by atomic mass is 9.89. The van der Waals surface area contributed by atoms with Crippen molar-refractivity contribution >= 4 is 23.4 Å². The van der Waals surface area contributed by atoms with E-state index in [4.69, 9.17) is 10.5 Å². The maximum Gasteiger partial charge on any atom is 0.333 e. The van der Waals surface area contributed by atoms with Crippen molar-refractivity contribution in [1.82, 2.24) is 15.3 Å². The highest BCUT2D eigenvalue weighted by Gasteiger charge is 2.44. The number of hydrogen-bond acceptors (Lipinski definition) is 8. The number of nitrogens with zero attached hydrogens (tertiary/aromatic N) is 4. The average Bonchev–Trinajstić information content (AvgIpc) is 3.45. The third-order valence-corrected chi connectivity index (χ3v) is 7.29. The quantitative estimate of drug-likeness (QED) is 0.496. The lowest BCUT2D eigenvalue weighted by Crippen LogP contribution is -2.49. The number of hydrogen-bond donors (Lipinski definition) is 3. The fourth-order valence-electron chi connectivity index (χ4n) is 5.37. The van der Waals surface area contributed by atoms with Crippen molar-refractivity contribution in [2.24, 2.45) is 21.9 Å². The van der Waals surface area contributed by atoms with Crippen LogP contribution >= 0.6 is 0 Å². The molecule has 2 saturated heterocycles. The van der Waals surface area contributed by atoms with Gasteiger partial charge in [-0.1, -0.05) is 12.1 Å². The summed E-state index contributed by atoms with van der Waals surface area (Å²) in [5.74, 6) is 0.125. The Balaban J connectivity index is 1.26. The van der Waals surface area contributed by atoms with E-state index in [9.17, 15) is 14.4 Å². The van der Waals surface area contributed by atoms with Crippen LogP contribution in [0.2, 0.25) is 0 Å². The summed E-state index contributed by atoms with van der Waals surface area (Å²) < 4.78 is 5.31. The fourth-order valence-corrected chi connectivity index (χ4v) is 5.37. The van der Waals surface area contributed by atoms with Crippen LogP contribution in [0.1, 0.15) is 54.1 Å². The van der Waals surface area contributed by atoms with Crippen LogP contribution in [0.5, 0.6) is 0 Å². The number of benzene rings is 1. The largest absolute Gasteiger partial charge is 0.379 e. The number of ether oxygens (including phenoxy) is 1. The molecule has 36 heavy (non-hydrogen) atoms. The summed E-state index contributed by atoms with van der Waals surface area (Å²) in [4.78, 5) is 40.6. The Hall–Kier alpha value is -3.15. The van der Waals surface area contributed by atoms with Gasteiger partial charge in [-0.25, -0.2) is 9.80 Å². The maximum atomic E-state index is 13.6. The summed E-state index contributed by atoms with van der Waals surface area (Å²) in [6, 6.07) is 4.61. The Morgan fingerprint density at radius 1 is 1.11 bits per heavy atom. The molecular weight excluding hydrogens is 462 g/mol. The number of carbonyl (C=O) groups excluding carboxylic acids is 3. The predicted octanol–water partition coefficient (Wildman–Crippen LogP) is 2.38. The molecule has 4 aliphatic rings. The maximum absolute atomic E-state index is 13.6. The van der Waals surface area contributed by atoms with Crippen molar-refractivity contribution in [1.29, 1.82) is 0 Å². The molecule has 11 heteroatoms. The summed E-state index contributed by atoms with van der Waals surface area (Å²) in [6.07, 6.45) is 3.71. The molecular formula is C25H33N7O4. The third-order valence-electron chi connectivity index (χ3n) is 7.29. The number of piperidine rings is 1. The second-order valence-corrected chi connectivity index (χ2v) is 9.58.